The molecule has 0 saturated carbocycles. The van der Waals surface area contributed by atoms with Gasteiger partial charge in [0.25, 0.3) is 5.91 Å². The summed E-state index contributed by atoms with van der Waals surface area (Å²) in [6, 6.07) is 11.6. The van der Waals surface area contributed by atoms with E-state index in [1.54, 1.807) is 10.9 Å². The van der Waals surface area contributed by atoms with Gasteiger partial charge in [-0.1, -0.05) is 62.4 Å². The van der Waals surface area contributed by atoms with E-state index >= 15 is 0 Å². The number of amides is 2. The van der Waals surface area contributed by atoms with Crippen LogP contribution in [0.4, 0.5) is 5.82 Å². The quantitative estimate of drug-likeness (QED) is 0.504. The highest BCUT2D eigenvalue weighted by Crippen LogP contribution is 2.29. The molecule has 0 aliphatic carbocycles. The van der Waals surface area contributed by atoms with Gasteiger partial charge in [-0.3, -0.25) is 14.3 Å². The Bertz CT molecular complexity index is 1320. The number of piperidine rings is 1. The molecule has 2 aromatic heterocycles. The normalized spacial score (nSPS) is 14.2. The van der Waals surface area contributed by atoms with Gasteiger partial charge in [-0.2, -0.15) is 5.10 Å². The van der Waals surface area contributed by atoms with Crippen molar-refractivity contribution in [2.75, 3.05) is 18.4 Å². The zero-order chi connectivity index (χ0) is 25.9. The fourth-order valence-corrected chi connectivity index (χ4v) is 4.44. The second kappa shape index (κ2) is 10.5. The molecular formula is C28H30ClN5O2. The first-order valence-corrected chi connectivity index (χ1v) is 12.4. The van der Waals surface area contributed by atoms with E-state index in [1.807, 2.05) is 69.0 Å². The minimum absolute atomic E-state index is 0.0213. The summed E-state index contributed by atoms with van der Waals surface area (Å²) < 4.78 is 1.69. The summed E-state index contributed by atoms with van der Waals surface area (Å²) in [5, 5.41) is 7.55. The highest BCUT2D eigenvalue weighted by atomic mass is 35.5. The van der Waals surface area contributed by atoms with Gasteiger partial charge < -0.3 is 10.2 Å². The van der Waals surface area contributed by atoms with Crippen LogP contribution >= 0.6 is 11.6 Å². The number of nitrogens with one attached hydrogen (secondary N) is 1. The van der Waals surface area contributed by atoms with Crippen molar-refractivity contribution < 1.29 is 9.59 Å². The highest BCUT2D eigenvalue weighted by Gasteiger charge is 2.32. The summed E-state index contributed by atoms with van der Waals surface area (Å²) >= 11 is 6.38. The lowest BCUT2D eigenvalue weighted by molar-refractivity contribution is -0.140. The number of rotatable bonds is 3. The molecule has 1 aliphatic heterocycles. The summed E-state index contributed by atoms with van der Waals surface area (Å²) in [4.78, 5) is 32.1. The fraction of sp³-hybridized carbons (Fsp3) is 0.357. The van der Waals surface area contributed by atoms with Crippen LogP contribution in [-0.4, -0.2) is 44.6 Å². The maximum atomic E-state index is 13.2. The monoisotopic (exact) mass is 503 g/mol. The van der Waals surface area contributed by atoms with Crippen molar-refractivity contribution in [2.45, 2.75) is 46.6 Å². The van der Waals surface area contributed by atoms with Crippen molar-refractivity contribution in [3.63, 3.8) is 0 Å². The first-order valence-electron chi connectivity index (χ1n) is 12.0. The minimum Gasteiger partial charge on any atom is -0.342 e. The number of aromatic nitrogens is 3. The lowest BCUT2D eigenvalue weighted by Crippen LogP contribution is -2.44. The summed E-state index contributed by atoms with van der Waals surface area (Å²) in [7, 11) is 0. The van der Waals surface area contributed by atoms with Crippen molar-refractivity contribution in [1.29, 1.82) is 0 Å². The number of hydrogen-bond acceptors (Lipinski definition) is 4. The largest absolute Gasteiger partial charge is 0.342 e. The third-order valence-electron chi connectivity index (χ3n) is 6.14. The molecule has 0 atom stereocenters. The standard InChI is InChI=1S/C28H30ClN5O2/c1-19-16-21(11-10-20-8-6-5-7-9-20)17-30-25(19)32-26(35)24-23(29)18-31-34(24)22-12-14-33(15-13-22)27(36)28(2,3)4/h5-9,16-18,22H,12-15H2,1-4H3,(H,30,32,35). The van der Waals surface area contributed by atoms with Crippen LogP contribution in [0.3, 0.4) is 0 Å². The van der Waals surface area contributed by atoms with Crippen LogP contribution in [0.5, 0.6) is 0 Å². The van der Waals surface area contributed by atoms with Crippen molar-refractivity contribution in [3.05, 3.63) is 76.2 Å². The van der Waals surface area contributed by atoms with E-state index < -0.39 is 5.41 Å². The van der Waals surface area contributed by atoms with Gasteiger partial charge in [0.15, 0.2) is 0 Å². The van der Waals surface area contributed by atoms with Crippen molar-refractivity contribution in [1.82, 2.24) is 19.7 Å². The Hall–Kier alpha value is -3.63. The Morgan fingerprint density at radius 1 is 1.06 bits per heavy atom. The molecular weight excluding hydrogens is 474 g/mol. The third kappa shape index (κ3) is 5.77. The zero-order valence-corrected chi connectivity index (χ0v) is 21.8. The summed E-state index contributed by atoms with van der Waals surface area (Å²) in [5.41, 5.74) is 2.35. The molecule has 0 unspecified atom stereocenters. The maximum Gasteiger partial charge on any atom is 0.276 e. The number of aryl methyl sites for hydroxylation is 1. The van der Waals surface area contributed by atoms with E-state index in [4.69, 9.17) is 11.6 Å². The topological polar surface area (TPSA) is 80.1 Å². The van der Waals surface area contributed by atoms with E-state index in [2.05, 4.69) is 27.2 Å². The molecule has 8 heteroatoms. The molecule has 3 heterocycles. The fourth-order valence-electron chi connectivity index (χ4n) is 4.22. The molecule has 3 aromatic rings. The molecule has 0 radical (unpaired) electrons. The average Bonchev–Trinajstić information content (AvgIpc) is 3.25. The van der Waals surface area contributed by atoms with Crippen LogP contribution in [0, 0.1) is 24.2 Å². The first-order chi connectivity index (χ1) is 17.1. The molecule has 186 valence electrons. The van der Waals surface area contributed by atoms with Crippen LogP contribution in [0.1, 0.15) is 66.8 Å². The van der Waals surface area contributed by atoms with Crippen LogP contribution in [0.2, 0.25) is 5.02 Å². The van der Waals surface area contributed by atoms with Crippen molar-refractivity contribution in [3.8, 4) is 11.8 Å². The number of likely N-dealkylation sites (tertiary alicyclic amines) is 1. The Morgan fingerprint density at radius 2 is 1.72 bits per heavy atom. The van der Waals surface area contributed by atoms with Gasteiger partial charge in [-0.05, 0) is 43.5 Å². The molecule has 1 saturated heterocycles. The summed E-state index contributed by atoms with van der Waals surface area (Å²) in [5.74, 6) is 6.42. The Labute approximate surface area is 216 Å². The SMILES string of the molecule is Cc1cc(C#Cc2ccccc2)cnc1NC(=O)c1c(Cl)cnn1C1CCN(C(=O)C(C)(C)C)CC1. The van der Waals surface area contributed by atoms with Gasteiger partial charge in [0.05, 0.1) is 17.3 Å². The van der Waals surface area contributed by atoms with Gasteiger partial charge in [-0.15, -0.1) is 0 Å². The molecule has 1 fully saturated rings. The van der Waals surface area contributed by atoms with Gasteiger partial charge in [0.1, 0.15) is 11.5 Å². The molecule has 1 aromatic carbocycles. The molecule has 1 aliphatic rings. The van der Waals surface area contributed by atoms with Gasteiger partial charge in [-0.25, -0.2) is 4.98 Å². The number of carbonyl (C=O) groups excluding carboxylic acids is 2. The van der Waals surface area contributed by atoms with Crippen molar-refractivity contribution >= 4 is 29.2 Å². The Balaban J connectivity index is 1.46. The van der Waals surface area contributed by atoms with Crippen LogP contribution in [-0.2, 0) is 4.79 Å². The van der Waals surface area contributed by atoms with E-state index in [0.29, 0.717) is 37.4 Å². The van der Waals surface area contributed by atoms with Crippen LogP contribution in [0.15, 0.2) is 48.8 Å². The number of halogens is 1. The minimum atomic E-state index is -0.416. The zero-order valence-electron chi connectivity index (χ0n) is 21.0. The Kier molecular flexibility index (Phi) is 7.46. The van der Waals surface area contributed by atoms with Gasteiger partial charge in [0.2, 0.25) is 5.91 Å². The maximum absolute atomic E-state index is 13.2. The second-order valence-electron chi connectivity index (χ2n) is 10.0. The predicted molar refractivity (Wildman–Crippen MR) is 141 cm³/mol. The van der Waals surface area contributed by atoms with Crippen LogP contribution in [0.25, 0.3) is 0 Å². The van der Waals surface area contributed by atoms with Crippen molar-refractivity contribution in [2.24, 2.45) is 5.41 Å². The van der Waals surface area contributed by atoms with Crippen LogP contribution < -0.4 is 5.32 Å². The van der Waals surface area contributed by atoms with E-state index in [1.165, 1.54) is 6.20 Å². The number of anilines is 1. The number of benzene rings is 1. The number of carbonyl (C=O) groups is 2. The average molecular weight is 504 g/mol. The number of hydrogen-bond donors (Lipinski definition) is 1. The number of pyridine rings is 1. The van der Waals surface area contributed by atoms with E-state index in [9.17, 15) is 9.59 Å². The smallest absolute Gasteiger partial charge is 0.276 e. The lowest BCUT2D eigenvalue weighted by atomic mass is 9.93. The second-order valence-corrected chi connectivity index (χ2v) is 10.4. The molecule has 2 amide bonds. The third-order valence-corrected chi connectivity index (χ3v) is 6.42. The predicted octanol–water partition coefficient (Wildman–Crippen LogP) is 5.10. The van der Waals surface area contributed by atoms with Gasteiger partial charge in [0, 0.05) is 35.8 Å². The molecule has 0 bridgehead atoms. The highest BCUT2D eigenvalue weighted by molar-refractivity contribution is 6.34. The molecule has 0 spiro atoms. The van der Waals surface area contributed by atoms with Gasteiger partial charge >= 0.3 is 0 Å². The molecule has 1 N–H and O–H groups in total. The molecule has 4 rings (SSSR count). The molecule has 7 nitrogen and oxygen atoms in total. The first kappa shape index (κ1) is 25.5. The lowest BCUT2D eigenvalue weighted by Gasteiger charge is -2.36. The summed E-state index contributed by atoms with van der Waals surface area (Å²) in [6.07, 6.45) is 4.53. The van der Waals surface area contributed by atoms with E-state index in [-0.39, 0.29) is 22.9 Å². The summed E-state index contributed by atoms with van der Waals surface area (Å²) in [6.45, 7) is 8.88. The Morgan fingerprint density at radius 3 is 2.36 bits per heavy atom. The molecule has 36 heavy (non-hydrogen) atoms. The number of nitrogens with zero attached hydrogens (tertiary/aromatic N) is 4. The van der Waals surface area contributed by atoms with E-state index in [0.717, 1.165) is 16.7 Å².